The Kier molecular flexibility index (Phi) is 3.76. The monoisotopic (exact) mass is 290 g/mol. The minimum atomic E-state index is 0.435. The highest BCUT2D eigenvalue weighted by Gasteiger charge is 2.25. The number of hydrogen-bond donors (Lipinski definition) is 1. The average Bonchev–Trinajstić information content (AvgIpc) is 2.45. The maximum atomic E-state index is 6.11. The van der Waals surface area contributed by atoms with Crippen molar-refractivity contribution < 1.29 is 0 Å². The molecule has 0 radical (unpaired) electrons. The molecule has 0 aliphatic carbocycles. The van der Waals surface area contributed by atoms with Crippen LogP contribution in [-0.4, -0.2) is 41.3 Å². The Hall–Kier alpha value is -1.39. The van der Waals surface area contributed by atoms with Crippen LogP contribution in [0.25, 0.3) is 10.8 Å². The van der Waals surface area contributed by atoms with E-state index in [2.05, 4.69) is 34.4 Å². The van der Waals surface area contributed by atoms with E-state index < -0.39 is 0 Å². The fourth-order valence-electron chi connectivity index (χ4n) is 2.92. The van der Waals surface area contributed by atoms with E-state index in [0.29, 0.717) is 17.1 Å². The lowest BCUT2D eigenvalue weighted by Crippen LogP contribution is -2.43. The third-order valence-electron chi connectivity index (χ3n) is 4.07. The molecule has 0 saturated carbocycles. The van der Waals surface area contributed by atoms with E-state index in [1.165, 1.54) is 0 Å². The van der Waals surface area contributed by atoms with Crippen molar-refractivity contribution in [2.75, 3.05) is 25.5 Å². The zero-order valence-corrected chi connectivity index (χ0v) is 12.6. The summed E-state index contributed by atoms with van der Waals surface area (Å²) in [5.74, 6) is 1.43. The summed E-state index contributed by atoms with van der Waals surface area (Å²) in [6.07, 6.45) is 1.12. The fraction of sp³-hybridized carbons (Fsp3) is 0.467. The molecule has 1 N–H and O–H groups in total. The predicted octanol–water partition coefficient (Wildman–Crippen LogP) is 3.04. The van der Waals surface area contributed by atoms with Crippen LogP contribution >= 0.6 is 11.6 Å². The van der Waals surface area contributed by atoms with Gasteiger partial charge in [-0.05, 0) is 25.9 Å². The summed E-state index contributed by atoms with van der Waals surface area (Å²) in [5, 5.41) is 14.3. The van der Waals surface area contributed by atoms with Crippen LogP contribution in [0.4, 0.5) is 5.82 Å². The Morgan fingerprint density at radius 1 is 1.25 bits per heavy atom. The predicted molar refractivity (Wildman–Crippen MR) is 83.2 cm³/mol. The number of hydrogen-bond acceptors (Lipinski definition) is 4. The number of halogens is 1. The number of benzene rings is 1. The number of fused-ring (bicyclic) bond motifs is 1. The maximum Gasteiger partial charge on any atom is 0.159 e. The highest BCUT2D eigenvalue weighted by Crippen LogP contribution is 2.28. The number of anilines is 1. The molecule has 2 unspecified atom stereocenters. The van der Waals surface area contributed by atoms with Gasteiger partial charge < -0.3 is 10.2 Å². The lowest BCUT2D eigenvalue weighted by atomic mass is 9.94. The molecular formula is C15H19ClN4. The molecule has 1 aromatic heterocycles. The van der Waals surface area contributed by atoms with E-state index in [-0.39, 0.29) is 0 Å². The molecule has 106 valence electrons. The van der Waals surface area contributed by atoms with Crippen LogP contribution in [0.15, 0.2) is 24.3 Å². The fourth-order valence-corrected chi connectivity index (χ4v) is 3.12. The third kappa shape index (κ3) is 2.58. The minimum Gasteiger partial charge on any atom is -0.365 e. The smallest absolute Gasteiger partial charge is 0.159 e. The van der Waals surface area contributed by atoms with E-state index in [9.17, 15) is 0 Å². The summed E-state index contributed by atoms with van der Waals surface area (Å²) in [7, 11) is 2.17. The highest BCUT2D eigenvalue weighted by atomic mass is 35.5. The van der Waals surface area contributed by atoms with Gasteiger partial charge in [-0.1, -0.05) is 42.8 Å². The zero-order valence-electron chi connectivity index (χ0n) is 11.8. The molecule has 1 aliphatic rings. The summed E-state index contributed by atoms with van der Waals surface area (Å²) in [4.78, 5) is 2.37. The summed E-state index contributed by atoms with van der Waals surface area (Å²) >= 11 is 6.11. The largest absolute Gasteiger partial charge is 0.365 e. The van der Waals surface area contributed by atoms with Gasteiger partial charge in [-0.3, -0.25) is 0 Å². The number of aromatic nitrogens is 2. The second-order valence-corrected chi connectivity index (χ2v) is 6.02. The van der Waals surface area contributed by atoms with Crippen LogP contribution in [0.3, 0.4) is 0 Å². The number of likely N-dealkylation sites (tertiary alicyclic amines) is 1. The molecule has 1 fully saturated rings. The number of nitrogens with one attached hydrogen (secondary N) is 1. The molecule has 0 spiro atoms. The molecule has 1 aromatic carbocycles. The Morgan fingerprint density at radius 3 is 2.75 bits per heavy atom. The van der Waals surface area contributed by atoms with Crippen LogP contribution in [0.5, 0.6) is 0 Å². The molecule has 4 nitrogen and oxygen atoms in total. The van der Waals surface area contributed by atoms with Gasteiger partial charge in [0.05, 0.1) is 0 Å². The van der Waals surface area contributed by atoms with Crippen LogP contribution in [0.2, 0.25) is 5.15 Å². The Bertz CT molecular complexity index is 616. The van der Waals surface area contributed by atoms with Gasteiger partial charge >= 0.3 is 0 Å². The van der Waals surface area contributed by atoms with Crippen molar-refractivity contribution in [3.8, 4) is 0 Å². The second-order valence-electron chi connectivity index (χ2n) is 5.66. The van der Waals surface area contributed by atoms with Crippen molar-refractivity contribution in [3.63, 3.8) is 0 Å². The van der Waals surface area contributed by atoms with E-state index in [4.69, 9.17) is 11.6 Å². The first-order chi connectivity index (χ1) is 9.65. The normalized spacial score (nSPS) is 23.9. The Balaban J connectivity index is 1.90. The minimum absolute atomic E-state index is 0.435. The molecule has 0 bridgehead atoms. The summed E-state index contributed by atoms with van der Waals surface area (Å²) in [6, 6.07) is 8.43. The van der Waals surface area contributed by atoms with Crippen LogP contribution in [0.1, 0.15) is 13.3 Å². The molecule has 1 aliphatic heterocycles. The lowest BCUT2D eigenvalue weighted by molar-refractivity contribution is 0.206. The quantitative estimate of drug-likeness (QED) is 0.923. The third-order valence-corrected chi connectivity index (χ3v) is 4.35. The van der Waals surface area contributed by atoms with Gasteiger partial charge in [0, 0.05) is 23.4 Å². The summed E-state index contributed by atoms with van der Waals surface area (Å²) in [5.41, 5.74) is 0. The van der Waals surface area contributed by atoms with E-state index in [1.54, 1.807) is 0 Å². The first-order valence-corrected chi connectivity index (χ1v) is 7.39. The standard InChI is InChI=1S/C15H19ClN4/c1-10-9-20(2)8-7-13(10)17-15-12-6-4-3-5-11(12)14(16)18-19-15/h3-6,10,13H,7-9H2,1-2H3,(H,17,19). The van der Waals surface area contributed by atoms with E-state index in [0.717, 1.165) is 36.1 Å². The first-order valence-electron chi connectivity index (χ1n) is 7.01. The molecular weight excluding hydrogens is 272 g/mol. The number of piperidine rings is 1. The average molecular weight is 291 g/mol. The van der Waals surface area contributed by atoms with Crippen LogP contribution in [0, 0.1) is 5.92 Å². The van der Waals surface area contributed by atoms with Crippen LogP contribution < -0.4 is 5.32 Å². The molecule has 2 heterocycles. The SMILES string of the molecule is CC1CN(C)CCC1Nc1nnc(Cl)c2ccccc12. The molecule has 1 saturated heterocycles. The van der Waals surface area contributed by atoms with Crippen LogP contribution in [-0.2, 0) is 0 Å². The van der Waals surface area contributed by atoms with Gasteiger partial charge in [-0.2, -0.15) is 0 Å². The number of rotatable bonds is 2. The molecule has 0 amide bonds. The van der Waals surface area contributed by atoms with Gasteiger partial charge in [0.15, 0.2) is 11.0 Å². The Morgan fingerprint density at radius 2 is 2.00 bits per heavy atom. The van der Waals surface area contributed by atoms with Crippen molar-refractivity contribution in [2.24, 2.45) is 5.92 Å². The van der Waals surface area contributed by atoms with Gasteiger partial charge in [-0.25, -0.2) is 0 Å². The van der Waals surface area contributed by atoms with Crippen molar-refractivity contribution >= 4 is 28.2 Å². The topological polar surface area (TPSA) is 41.0 Å². The van der Waals surface area contributed by atoms with Gasteiger partial charge in [0.1, 0.15) is 0 Å². The lowest BCUT2D eigenvalue weighted by Gasteiger charge is -2.35. The highest BCUT2D eigenvalue weighted by molar-refractivity contribution is 6.34. The summed E-state index contributed by atoms with van der Waals surface area (Å²) in [6.45, 7) is 4.50. The second kappa shape index (κ2) is 5.54. The van der Waals surface area contributed by atoms with Crippen molar-refractivity contribution in [1.82, 2.24) is 15.1 Å². The molecule has 3 rings (SSSR count). The van der Waals surface area contributed by atoms with Gasteiger partial charge in [0.2, 0.25) is 0 Å². The summed E-state index contributed by atoms with van der Waals surface area (Å²) < 4.78 is 0. The molecule has 2 aromatic rings. The Labute approximate surface area is 124 Å². The van der Waals surface area contributed by atoms with Gasteiger partial charge in [0.25, 0.3) is 0 Å². The van der Waals surface area contributed by atoms with Gasteiger partial charge in [-0.15, -0.1) is 10.2 Å². The molecule has 2 atom stereocenters. The van der Waals surface area contributed by atoms with Crippen molar-refractivity contribution in [2.45, 2.75) is 19.4 Å². The first kappa shape index (κ1) is 13.6. The maximum absolute atomic E-state index is 6.11. The zero-order chi connectivity index (χ0) is 14.1. The van der Waals surface area contributed by atoms with E-state index >= 15 is 0 Å². The van der Waals surface area contributed by atoms with E-state index in [1.807, 2.05) is 24.3 Å². The van der Waals surface area contributed by atoms with Crippen molar-refractivity contribution in [1.29, 1.82) is 0 Å². The van der Waals surface area contributed by atoms with Crippen molar-refractivity contribution in [3.05, 3.63) is 29.4 Å². The molecule has 5 heteroatoms. The number of nitrogens with zero attached hydrogens (tertiary/aromatic N) is 3. The molecule has 20 heavy (non-hydrogen) atoms.